The molecular formula is C15H24N6O. The summed E-state index contributed by atoms with van der Waals surface area (Å²) in [6.07, 6.45) is 4.11. The van der Waals surface area contributed by atoms with Gasteiger partial charge in [0.05, 0.1) is 18.3 Å². The molecule has 0 aromatic carbocycles. The average molecular weight is 304 g/mol. The predicted molar refractivity (Wildman–Crippen MR) is 88.3 cm³/mol. The first-order valence-electron chi connectivity index (χ1n) is 7.44. The van der Waals surface area contributed by atoms with E-state index < -0.39 is 0 Å². The first-order valence-corrected chi connectivity index (χ1v) is 7.44. The molecule has 7 heteroatoms. The monoisotopic (exact) mass is 304 g/mol. The van der Waals surface area contributed by atoms with Crippen LogP contribution in [0.25, 0.3) is 0 Å². The molecule has 0 aliphatic rings. The van der Waals surface area contributed by atoms with Gasteiger partial charge < -0.3 is 21.7 Å². The molecule has 0 unspecified atom stereocenters. The summed E-state index contributed by atoms with van der Waals surface area (Å²) in [5, 5.41) is 8.79. The van der Waals surface area contributed by atoms with Gasteiger partial charge in [-0.25, -0.2) is 4.98 Å². The summed E-state index contributed by atoms with van der Waals surface area (Å²) in [5.74, 6) is 7.01. The highest BCUT2D eigenvalue weighted by Crippen LogP contribution is 2.11. The van der Waals surface area contributed by atoms with Crippen LogP contribution in [0.15, 0.2) is 6.20 Å². The standard InChI is InChI=1S/C15H24N6O/c1-3-8-19-14-12(10-20-15(16)21-14)7-5-4-6-9-18-13(22)11-17-2/h10,17H,3-4,6,8-9,11H2,1-2H3,(H,18,22)(H3,16,19,20,21). The number of nitrogens with one attached hydrogen (secondary N) is 3. The third kappa shape index (κ3) is 6.90. The Bertz CT molecular complexity index is 535. The van der Waals surface area contributed by atoms with Crippen LogP contribution in [0.3, 0.4) is 0 Å². The number of anilines is 2. The van der Waals surface area contributed by atoms with Crippen molar-refractivity contribution in [2.45, 2.75) is 26.2 Å². The Labute approximate surface area is 131 Å². The van der Waals surface area contributed by atoms with Crippen molar-refractivity contribution < 1.29 is 4.79 Å². The second-order valence-electron chi connectivity index (χ2n) is 4.70. The van der Waals surface area contributed by atoms with Crippen molar-refractivity contribution in [3.8, 4) is 11.8 Å². The van der Waals surface area contributed by atoms with E-state index in [-0.39, 0.29) is 11.9 Å². The van der Waals surface area contributed by atoms with Crippen molar-refractivity contribution >= 4 is 17.7 Å². The Kier molecular flexibility index (Phi) is 8.38. The van der Waals surface area contributed by atoms with Gasteiger partial charge in [-0.3, -0.25) is 4.79 Å². The summed E-state index contributed by atoms with van der Waals surface area (Å²) in [6, 6.07) is 0. The lowest BCUT2D eigenvalue weighted by Crippen LogP contribution is -2.32. The van der Waals surface area contributed by atoms with Crippen LogP contribution in [0.2, 0.25) is 0 Å². The van der Waals surface area contributed by atoms with Crippen LogP contribution < -0.4 is 21.7 Å². The molecule has 0 radical (unpaired) electrons. The molecule has 0 saturated carbocycles. The van der Waals surface area contributed by atoms with E-state index in [9.17, 15) is 4.79 Å². The molecule has 0 fully saturated rings. The summed E-state index contributed by atoms with van der Waals surface area (Å²) < 4.78 is 0. The molecule has 1 amide bonds. The molecule has 1 rings (SSSR count). The van der Waals surface area contributed by atoms with Crippen LogP contribution in [0.4, 0.5) is 11.8 Å². The van der Waals surface area contributed by atoms with E-state index in [4.69, 9.17) is 5.73 Å². The fourth-order valence-corrected chi connectivity index (χ4v) is 1.65. The second kappa shape index (κ2) is 10.4. The third-order valence-corrected chi connectivity index (χ3v) is 2.71. The number of nitrogens with zero attached hydrogens (tertiary/aromatic N) is 2. The van der Waals surface area contributed by atoms with Gasteiger partial charge in [0.1, 0.15) is 5.82 Å². The van der Waals surface area contributed by atoms with E-state index in [0.717, 1.165) is 24.9 Å². The minimum absolute atomic E-state index is 0.00607. The maximum atomic E-state index is 11.2. The largest absolute Gasteiger partial charge is 0.369 e. The van der Waals surface area contributed by atoms with E-state index in [1.165, 1.54) is 0 Å². The van der Waals surface area contributed by atoms with E-state index >= 15 is 0 Å². The Hall–Kier alpha value is -2.33. The van der Waals surface area contributed by atoms with Gasteiger partial charge in [0.25, 0.3) is 0 Å². The van der Waals surface area contributed by atoms with Gasteiger partial charge in [-0.2, -0.15) is 4.98 Å². The zero-order chi connectivity index (χ0) is 16.2. The Balaban J connectivity index is 2.45. The topological polar surface area (TPSA) is 105 Å². The highest BCUT2D eigenvalue weighted by atomic mass is 16.1. The number of hydrogen-bond donors (Lipinski definition) is 4. The maximum Gasteiger partial charge on any atom is 0.233 e. The van der Waals surface area contributed by atoms with Gasteiger partial charge in [0, 0.05) is 19.5 Å². The number of rotatable bonds is 8. The lowest BCUT2D eigenvalue weighted by Gasteiger charge is -2.06. The molecule has 0 spiro atoms. The first kappa shape index (κ1) is 17.7. The molecule has 0 aliphatic carbocycles. The number of nitrogens with two attached hydrogens (primary N) is 1. The number of carbonyl (C=O) groups excluding carboxylic acids is 1. The van der Waals surface area contributed by atoms with Crippen LogP contribution in [0, 0.1) is 11.8 Å². The molecule has 120 valence electrons. The number of amides is 1. The smallest absolute Gasteiger partial charge is 0.233 e. The molecule has 7 nitrogen and oxygen atoms in total. The fraction of sp³-hybridized carbons (Fsp3) is 0.533. The lowest BCUT2D eigenvalue weighted by atomic mass is 10.2. The number of likely N-dealkylation sites (N-methyl/N-ethyl adjacent to an activating group) is 1. The SMILES string of the molecule is CCCNc1nc(N)ncc1C#CCCCNC(=O)CNC. The van der Waals surface area contributed by atoms with Gasteiger partial charge in [0.15, 0.2) is 0 Å². The van der Waals surface area contributed by atoms with Crippen molar-refractivity contribution in [1.29, 1.82) is 0 Å². The molecule has 0 saturated heterocycles. The van der Waals surface area contributed by atoms with Crippen molar-refractivity contribution in [2.75, 3.05) is 37.7 Å². The van der Waals surface area contributed by atoms with Crippen LogP contribution in [0.5, 0.6) is 0 Å². The van der Waals surface area contributed by atoms with E-state index in [0.29, 0.717) is 25.3 Å². The number of hydrogen-bond acceptors (Lipinski definition) is 6. The highest BCUT2D eigenvalue weighted by Gasteiger charge is 2.02. The van der Waals surface area contributed by atoms with Gasteiger partial charge in [-0.05, 0) is 19.9 Å². The van der Waals surface area contributed by atoms with Gasteiger partial charge in [-0.15, -0.1) is 0 Å². The second-order valence-corrected chi connectivity index (χ2v) is 4.70. The summed E-state index contributed by atoms with van der Waals surface area (Å²) in [4.78, 5) is 19.4. The number of carbonyl (C=O) groups is 1. The van der Waals surface area contributed by atoms with Crippen LogP contribution in [0.1, 0.15) is 31.7 Å². The van der Waals surface area contributed by atoms with Crippen LogP contribution in [-0.4, -0.2) is 42.6 Å². The molecule has 22 heavy (non-hydrogen) atoms. The molecule has 1 aromatic heterocycles. The summed E-state index contributed by atoms with van der Waals surface area (Å²) in [7, 11) is 1.74. The molecule has 5 N–H and O–H groups in total. The fourth-order valence-electron chi connectivity index (χ4n) is 1.65. The van der Waals surface area contributed by atoms with Crippen molar-refractivity contribution in [2.24, 2.45) is 0 Å². The van der Waals surface area contributed by atoms with E-state index in [2.05, 4.69) is 44.7 Å². The average Bonchev–Trinajstić information content (AvgIpc) is 2.50. The van der Waals surface area contributed by atoms with Crippen molar-refractivity contribution in [1.82, 2.24) is 20.6 Å². The zero-order valence-corrected chi connectivity index (χ0v) is 13.2. The normalized spacial score (nSPS) is 9.73. The zero-order valence-electron chi connectivity index (χ0n) is 13.2. The first-order chi connectivity index (χ1) is 10.7. The number of aromatic nitrogens is 2. The van der Waals surface area contributed by atoms with Crippen LogP contribution in [-0.2, 0) is 4.79 Å². The minimum Gasteiger partial charge on any atom is -0.369 e. The molecule has 0 atom stereocenters. The quantitative estimate of drug-likeness (QED) is 0.408. The summed E-state index contributed by atoms with van der Waals surface area (Å²) >= 11 is 0. The van der Waals surface area contributed by atoms with Crippen LogP contribution >= 0.6 is 0 Å². The Morgan fingerprint density at radius 2 is 2.23 bits per heavy atom. The predicted octanol–water partition coefficient (Wildman–Crippen LogP) is 0.348. The van der Waals surface area contributed by atoms with E-state index in [1.54, 1.807) is 13.2 Å². The van der Waals surface area contributed by atoms with Gasteiger partial charge in [-0.1, -0.05) is 18.8 Å². The maximum absolute atomic E-state index is 11.2. The highest BCUT2D eigenvalue weighted by molar-refractivity contribution is 5.77. The minimum atomic E-state index is -0.00607. The lowest BCUT2D eigenvalue weighted by molar-refractivity contribution is -0.120. The van der Waals surface area contributed by atoms with Crippen molar-refractivity contribution in [3.63, 3.8) is 0 Å². The third-order valence-electron chi connectivity index (χ3n) is 2.71. The number of nitrogen functional groups attached to an aromatic ring is 1. The molecule has 0 bridgehead atoms. The summed E-state index contributed by atoms with van der Waals surface area (Å²) in [6.45, 7) is 3.84. The summed E-state index contributed by atoms with van der Waals surface area (Å²) in [5.41, 5.74) is 6.33. The molecular weight excluding hydrogens is 280 g/mol. The van der Waals surface area contributed by atoms with Gasteiger partial charge >= 0.3 is 0 Å². The molecule has 1 aromatic rings. The Morgan fingerprint density at radius 1 is 1.41 bits per heavy atom. The molecule has 0 aliphatic heterocycles. The number of unbranched alkanes of at least 4 members (excludes halogenated alkanes) is 1. The van der Waals surface area contributed by atoms with E-state index in [1.807, 2.05) is 0 Å². The Morgan fingerprint density at radius 3 is 2.95 bits per heavy atom. The molecule has 1 heterocycles. The van der Waals surface area contributed by atoms with Crippen molar-refractivity contribution in [3.05, 3.63) is 11.8 Å². The van der Waals surface area contributed by atoms with Gasteiger partial charge in [0.2, 0.25) is 11.9 Å².